The van der Waals surface area contributed by atoms with E-state index in [0.29, 0.717) is 5.75 Å². The number of carboxylic acids is 1. The number of carbonyl (C=O) groups excluding carboxylic acids is 1. The fraction of sp³-hybridized carbons (Fsp3) is 0.467. The highest BCUT2D eigenvalue weighted by Crippen LogP contribution is 2.30. The molecule has 1 N–H and O–H groups in total. The van der Waals surface area contributed by atoms with E-state index in [2.05, 4.69) is 6.92 Å². The van der Waals surface area contributed by atoms with Crippen LogP contribution >= 0.6 is 0 Å². The smallest absolute Gasteiger partial charge is 0.422 e. The van der Waals surface area contributed by atoms with Crippen LogP contribution in [0.15, 0.2) is 6.07 Å². The van der Waals surface area contributed by atoms with Crippen molar-refractivity contribution in [1.29, 1.82) is 0 Å². The van der Waals surface area contributed by atoms with Crippen molar-refractivity contribution in [3.8, 4) is 5.75 Å². The van der Waals surface area contributed by atoms with Crippen LogP contribution in [0.3, 0.4) is 0 Å². The van der Waals surface area contributed by atoms with Crippen LogP contribution in [-0.2, 0) is 16.0 Å². The highest BCUT2D eigenvalue weighted by atomic mass is 16.6. The zero-order valence-corrected chi connectivity index (χ0v) is 11.9. The van der Waals surface area contributed by atoms with Crippen molar-refractivity contribution in [2.24, 2.45) is 0 Å². The lowest BCUT2D eigenvalue weighted by Crippen LogP contribution is -2.20. The molecule has 0 atom stereocenters. The van der Waals surface area contributed by atoms with E-state index < -0.39 is 11.9 Å². The monoisotopic (exact) mass is 264 g/mol. The number of aliphatic carboxylic acids is 1. The fourth-order valence-corrected chi connectivity index (χ4v) is 2.24. The molecule has 0 radical (unpaired) electrons. The number of hydrogen-bond acceptors (Lipinski definition) is 3. The molecule has 19 heavy (non-hydrogen) atoms. The van der Waals surface area contributed by atoms with Gasteiger partial charge in [0.25, 0.3) is 0 Å². The van der Waals surface area contributed by atoms with Crippen LogP contribution in [0.1, 0.15) is 42.0 Å². The standard InChI is InChI=1S/C15H20O4/c1-5-6-7-12-9(2)8-10(3)13(11(12)4)19-15(18)14(16)17/h8H,5-7H2,1-4H3,(H,16,17). The Morgan fingerprint density at radius 3 is 2.37 bits per heavy atom. The van der Waals surface area contributed by atoms with Gasteiger partial charge in [0, 0.05) is 0 Å². The van der Waals surface area contributed by atoms with E-state index in [1.54, 1.807) is 0 Å². The second-order valence-electron chi connectivity index (χ2n) is 4.74. The molecule has 0 unspecified atom stereocenters. The molecule has 1 aromatic carbocycles. The molecule has 0 bridgehead atoms. The number of aryl methyl sites for hydroxylation is 2. The Kier molecular flexibility index (Phi) is 5.10. The third-order valence-electron chi connectivity index (χ3n) is 3.21. The van der Waals surface area contributed by atoms with Gasteiger partial charge in [-0.3, -0.25) is 0 Å². The molecule has 0 aliphatic heterocycles. The van der Waals surface area contributed by atoms with Crippen molar-refractivity contribution < 1.29 is 19.4 Å². The van der Waals surface area contributed by atoms with Crippen molar-refractivity contribution in [3.63, 3.8) is 0 Å². The minimum absolute atomic E-state index is 0.379. The molecule has 4 heteroatoms. The summed E-state index contributed by atoms with van der Waals surface area (Å²) in [6.07, 6.45) is 3.04. The first-order chi connectivity index (χ1) is 8.88. The van der Waals surface area contributed by atoms with Crippen molar-refractivity contribution in [3.05, 3.63) is 28.3 Å². The van der Waals surface area contributed by atoms with Gasteiger partial charge in [-0.25, -0.2) is 9.59 Å². The lowest BCUT2D eigenvalue weighted by molar-refractivity contribution is -0.158. The summed E-state index contributed by atoms with van der Waals surface area (Å²) >= 11 is 0. The van der Waals surface area contributed by atoms with Crippen LogP contribution in [-0.4, -0.2) is 17.0 Å². The first kappa shape index (κ1) is 15.2. The summed E-state index contributed by atoms with van der Waals surface area (Å²) in [6.45, 7) is 7.82. The average molecular weight is 264 g/mol. The van der Waals surface area contributed by atoms with Crippen molar-refractivity contribution in [2.75, 3.05) is 0 Å². The SMILES string of the molecule is CCCCc1c(C)cc(C)c(OC(=O)C(=O)O)c1C. The van der Waals surface area contributed by atoms with Gasteiger partial charge in [-0.05, 0) is 55.9 Å². The first-order valence-electron chi connectivity index (χ1n) is 6.43. The summed E-state index contributed by atoms with van der Waals surface area (Å²) in [5.74, 6) is -2.44. The number of carbonyl (C=O) groups is 2. The number of unbranched alkanes of at least 4 members (excludes halogenated alkanes) is 1. The maximum atomic E-state index is 11.2. The van der Waals surface area contributed by atoms with E-state index in [9.17, 15) is 9.59 Å². The number of benzene rings is 1. The number of rotatable bonds is 4. The van der Waals surface area contributed by atoms with Gasteiger partial charge in [0.15, 0.2) is 0 Å². The molecule has 0 heterocycles. The van der Waals surface area contributed by atoms with Crippen LogP contribution in [0.4, 0.5) is 0 Å². The van der Waals surface area contributed by atoms with Gasteiger partial charge in [-0.2, -0.15) is 0 Å². The number of hydrogen-bond donors (Lipinski definition) is 1. The fourth-order valence-electron chi connectivity index (χ4n) is 2.24. The second kappa shape index (κ2) is 6.36. The summed E-state index contributed by atoms with van der Waals surface area (Å²) in [5, 5.41) is 8.62. The molecule has 0 aliphatic rings. The largest absolute Gasteiger partial charge is 0.473 e. The maximum absolute atomic E-state index is 11.2. The summed E-state index contributed by atoms with van der Waals surface area (Å²) in [5.41, 5.74) is 3.93. The van der Waals surface area contributed by atoms with Crippen LogP contribution in [0, 0.1) is 20.8 Å². The molecule has 0 aromatic heterocycles. The van der Waals surface area contributed by atoms with Crippen LogP contribution < -0.4 is 4.74 Å². The Hall–Kier alpha value is -1.84. The molecule has 0 aliphatic carbocycles. The molecule has 1 rings (SSSR count). The van der Waals surface area contributed by atoms with Gasteiger partial charge in [0.2, 0.25) is 0 Å². The Labute approximate surface area is 113 Å². The summed E-state index contributed by atoms with van der Waals surface area (Å²) in [6, 6.07) is 1.93. The highest BCUT2D eigenvalue weighted by Gasteiger charge is 2.19. The highest BCUT2D eigenvalue weighted by molar-refractivity contribution is 6.29. The van der Waals surface area contributed by atoms with Gasteiger partial charge >= 0.3 is 11.9 Å². The quantitative estimate of drug-likeness (QED) is 0.516. The molecule has 0 amide bonds. The third-order valence-corrected chi connectivity index (χ3v) is 3.21. The number of carboxylic acid groups (broad SMARTS) is 1. The predicted molar refractivity (Wildman–Crippen MR) is 72.5 cm³/mol. The summed E-state index contributed by atoms with van der Waals surface area (Å²) in [7, 11) is 0. The molecule has 4 nitrogen and oxygen atoms in total. The van der Waals surface area contributed by atoms with Gasteiger partial charge in [0.1, 0.15) is 5.75 Å². The van der Waals surface area contributed by atoms with Crippen LogP contribution in [0.2, 0.25) is 0 Å². The number of esters is 1. The lowest BCUT2D eigenvalue weighted by atomic mass is 9.94. The molecular weight excluding hydrogens is 244 g/mol. The van der Waals surface area contributed by atoms with Crippen molar-refractivity contribution in [1.82, 2.24) is 0 Å². The Morgan fingerprint density at radius 1 is 1.21 bits per heavy atom. The predicted octanol–water partition coefficient (Wildman–Crippen LogP) is 2.94. The topological polar surface area (TPSA) is 63.6 Å². The van der Waals surface area contributed by atoms with Crippen molar-refractivity contribution >= 4 is 11.9 Å². The van der Waals surface area contributed by atoms with Gasteiger partial charge in [0.05, 0.1) is 0 Å². The molecule has 0 spiro atoms. The van der Waals surface area contributed by atoms with Gasteiger partial charge in [-0.15, -0.1) is 0 Å². The van der Waals surface area contributed by atoms with Crippen LogP contribution in [0.25, 0.3) is 0 Å². The van der Waals surface area contributed by atoms with Crippen LogP contribution in [0.5, 0.6) is 5.75 Å². The molecule has 0 fully saturated rings. The minimum atomic E-state index is -1.57. The maximum Gasteiger partial charge on any atom is 0.422 e. The Morgan fingerprint density at radius 2 is 1.84 bits per heavy atom. The van der Waals surface area contributed by atoms with E-state index in [1.807, 2.05) is 26.8 Å². The first-order valence-corrected chi connectivity index (χ1v) is 6.43. The van der Waals surface area contributed by atoms with Gasteiger partial charge < -0.3 is 9.84 Å². The normalized spacial score (nSPS) is 10.3. The Balaban J connectivity index is 3.17. The van der Waals surface area contributed by atoms with Crippen molar-refractivity contribution in [2.45, 2.75) is 47.0 Å². The van der Waals surface area contributed by atoms with E-state index >= 15 is 0 Å². The zero-order valence-electron chi connectivity index (χ0n) is 11.9. The van der Waals surface area contributed by atoms with E-state index in [4.69, 9.17) is 9.84 Å². The number of ether oxygens (including phenoxy) is 1. The molecule has 1 aromatic rings. The third kappa shape index (κ3) is 3.56. The lowest BCUT2D eigenvalue weighted by Gasteiger charge is -2.16. The minimum Gasteiger partial charge on any atom is -0.473 e. The summed E-state index contributed by atoms with van der Waals surface area (Å²) in [4.78, 5) is 21.8. The zero-order chi connectivity index (χ0) is 14.6. The van der Waals surface area contributed by atoms with E-state index in [-0.39, 0.29) is 0 Å². The average Bonchev–Trinajstić information content (AvgIpc) is 2.33. The Bertz CT molecular complexity index is 503. The van der Waals surface area contributed by atoms with E-state index in [1.165, 1.54) is 0 Å². The molecule has 0 saturated carbocycles. The second-order valence-corrected chi connectivity index (χ2v) is 4.74. The molecular formula is C15H20O4. The van der Waals surface area contributed by atoms with E-state index in [0.717, 1.165) is 41.5 Å². The summed E-state index contributed by atoms with van der Waals surface area (Å²) < 4.78 is 4.97. The molecule has 0 saturated heterocycles. The van der Waals surface area contributed by atoms with Gasteiger partial charge in [-0.1, -0.05) is 19.4 Å². The molecule has 104 valence electrons.